The molecule has 0 aliphatic rings. The first-order chi connectivity index (χ1) is 16.8. The number of fused-ring (bicyclic) bond motifs is 1. The van der Waals surface area contributed by atoms with Crippen LogP contribution in [0.15, 0.2) is 90.2 Å². The number of hydrogen-bond donors (Lipinski definition) is 1. The molecule has 0 fully saturated rings. The van der Waals surface area contributed by atoms with E-state index in [9.17, 15) is 30.3 Å². The number of nitrogens with one attached hydrogen (secondary N) is 1. The van der Waals surface area contributed by atoms with Crippen LogP contribution < -0.4 is 9.99 Å². The number of para-hydroxylation sites is 1. The Kier molecular flexibility index (Phi) is 6.35. The van der Waals surface area contributed by atoms with Gasteiger partial charge in [-0.1, -0.05) is 12.1 Å². The quantitative estimate of drug-likeness (QED) is 0.172. The summed E-state index contributed by atoms with van der Waals surface area (Å²) in [5.74, 6) is 0. The number of hydrazone groups is 1. The lowest BCUT2D eigenvalue weighted by molar-refractivity contribution is -0.655. The normalized spacial score (nSPS) is 11.3. The highest BCUT2D eigenvalue weighted by molar-refractivity contribution is 6.00. The van der Waals surface area contributed by atoms with Crippen LogP contribution in [0.1, 0.15) is 5.56 Å². The van der Waals surface area contributed by atoms with Crippen molar-refractivity contribution in [2.45, 2.75) is 6.54 Å². The van der Waals surface area contributed by atoms with Gasteiger partial charge in [0.1, 0.15) is 11.4 Å². The smallest absolute Gasteiger partial charge is 0.271 e. The molecule has 35 heavy (non-hydrogen) atoms. The standard InChI is InChI=1S/C23H17N6O6/c30-27(31)18-9-7-16(8-10-18)21(15-26-13-3-5-17-4-1-2-6-22(17)26)25-24-20-12-11-19(28(32)33)14-23(20)29(34)35/h1-14,24H,15H2/q+1/b25-21+. The second-order valence-electron chi connectivity index (χ2n) is 7.38. The first kappa shape index (κ1) is 22.9. The largest absolute Gasteiger partial charge is 0.301 e. The summed E-state index contributed by atoms with van der Waals surface area (Å²) in [6.45, 7) is 0.229. The molecule has 12 heteroatoms. The number of nitro benzene ring substituents is 3. The maximum absolute atomic E-state index is 11.5. The zero-order chi connectivity index (χ0) is 24.9. The third-order valence-electron chi connectivity index (χ3n) is 5.22. The molecule has 0 amide bonds. The lowest BCUT2D eigenvalue weighted by Crippen LogP contribution is -2.38. The van der Waals surface area contributed by atoms with E-state index in [1.54, 1.807) is 0 Å². The SMILES string of the molecule is O=[N+]([O-])c1ccc(/C(C[n+]2cccc3ccccc32)=N/Nc2ccc([N+](=O)[O-])cc2[N+](=O)[O-])cc1. The molecule has 0 spiro atoms. The second-order valence-corrected chi connectivity index (χ2v) is 7.38. The molecule has 1 heterocycles. The Labute approximate surface area is 197 Å². The van der Waals surface area contributed by atoms with Crippen LogP contribution in [-0.4, -0.2) is 20.5 Å². The van der Waals surface area contributed by atoms with Gasteiger partial charge in [0, 0.05) is 41.3 Å². The zero-order valence-electron chi connectivity index (χ0n) is 18.0. The van der Waals surface area contributed by atoms with Gasteiger partial charge in [-0.15, -0.1) is 0 Å². The Morgan fingerprint density at radius 2 is 1.46 bits per heavy atom. The number of pyridine rings is 1. The molecule has 0 atom stereocenters. The Balaban J connectivity index is 1.76. The molecular weight excluding hydrogens is 456 g/mol. The fraction of sp³-hybridized carbons (Fsp3) is 0.0435. The summed E-state index contributed by atoms with van der Waals surface area (Å²) in [6, 6.07) is 20.4. The third-order valence-corrected chi connectivity index (χ3v) is 5.22. The molecule has 4 rings (SSSR count). The Bertz CT molecular complexity index is 1480. The minimum Gasteiger partial charge on any atom is -0.271 e. The molecule has 1 N–H and O–H groups in total. The van der Waals surface area contributed by atoms with Gasteiger partial charge in [-0.2, -0.15) is 9.67 Å². The van der Waals surface area contributed by atoms with Gasteiger partial charge in [-0.05, 0) is 30.3 Å². The molecule has 0 aliphatic carbocycles. The Morgan fingerprint density at radius 3 is 2.14 bits per heavy atom. The summed E-state index contributed by atoms with van der Waals surface area (Å²) in [5, 5.41) is 38.9. The minimum atomic E-state index is -0.740. The van der Waals surface area contributed by atoms with Crippen molar-refractivity contribution < 1.29 is 19.3 Å². The van der Waals surface area contributed by atoms with E-state index < -0.39 is 26.1 Å². The monoisotopic (exact) mass is 473 g/mol. The summed E-state index contributed by atoms with van der Waals surface area (Å²) >= 11 is 0. The van der Waals surface area contributed by atoms with Gasteiger partial charge < -0.3 is 0 Å². The van der Waals surface area contributed by atoms with Crippen LogP contribution >= 0.6 is 0 Å². The average molecular weight is 473 g/mol. The van der Waals surface area contributed by atoms with Crippen molar-refractivity contribution in [3.05, 3.63) is 121 Å². The number of anilines is 1. The van der Waals surface area contributed by atoms with Gasteiger partial charge in [-0.3, -0.25) is 35.8 Å². The maximum Gasteiger partial charge on any atom is 0.301 e. The van der Waals surface area contributed by atoms with Crippen molar-refractivity contribution in [3.63, 3.8) is 0 Å². The summed E-state index contributed by atoms with van der Waals surface area (Å²) < 4.78 is 1.92. The maximum atomic E-state index is 11.5. The van der Waals surface area contributed by atoms with Crippen LogP contribution in [-0.2, 0) is 6.54 Å². The summed E-state index contributed by atoms with van der Waals surface area (Å²) in [7, 11) is 0. The zero-order valence-corrected chi connectivity index (χ0v) is 18.0. The van der Waals surface area contributed by atoms with Crippen LogP contribution in [0.4, 0.5) is 22.7 Å². The van der Waals surface area contributed by atoms with Gasteiger partial charge >= 0.3 is 5.69 Å². The van der Waals surface area contributed by atoms with Crippen molar-refractivity contribution in [1.82, 2.24) is 0 Å². The lowest BCUT2D eigenvalue weighted by Gasteiger charge is -2.08. The number of aromatic nitrogens is 1. The van der Waals surface area contributed by atoms with E-state index in [-0.39, 0.29) is 17.9 Å². The van der Waals surface area contributed by atoms with Crippen molar-refractivity contribution in [2.24, 2.45) is 5.10 Å². The Hall–Kier alpha value is -5.26. The minimum absolute atomic E-state index is 0.0390. The summed E-state index contributed by atoms with van der Waals surface area (Å²) in [4.78, 5) is 31.6. The number of nitrogens with zero attached hydrogens (tertiary/aromatic N) is 5. The third kappa shape index (κ3) is 5.06. The van der Waals surface area contributed by atoms with Crippen LogP contribution in [0.5, 0.6) is 0 Å². The molecule has 12 nitrogen and oxygen atoms in total. The molecule has 4 aromatic rings. The molecule has 0 saturated heterocycles. The van der Waals surface area contributed by atoms with Gasteiger partial charge in [-0.25, -0.2) is 0 Å². The number of non-ortho nitro benzene ring substituents is 2. The van der Waals surface area contributed by atoms with Crippen LogP contribution in [0.3, 0.4) is 0 Å². The van der Waals surface area contributed by atoms with Crippen molar-refractivity contribution >= 4 is 39.4 Å². The second kappa shape index (κ2) is 9.70. The predicted octanol–water partition coefficient (Wildman–Crippen LogP) is 4.37. The van der Waals surface area contributed by atoms with E-state index in [4.69, 9.17) is 0 Å². The topological polar surface area (TPSA) is 158 Å². The molecule has 0 saturated carbocycles. The van der Waals surface area contributed by atoms with Crippen molar-refractivity contribution in [3.8, 4) is 0 Å². The highest BCUT2D eigenvalue weighted by Crippen LogP contribution is 2.29. The van der Waals surface area contributed by atoms with Crippen LogP contribution in [0, 0.1) is 30.3 Å². The average Bonchev–Trinajstić information content (AvgIpc) is 2.86. The number of hydrogen-bond acceptors (Lipinski definition) is 8. The van der Waals surface area contributed by atoms with Crippen LogP contribution in [0.2, 0.25) is 0 Å². The van der Waals surface area contributed by atoms with Gasteiger partial charge in [0.2, 0.25) is 5.52 Å². The van der Waals surface area contributed by atoms with Gasteiger partial charge in [0.05, 0.1) is 20.8 Å². The number of benzene rings is 3. The van der Waals surface area contributed by atoms with E-state index in [2.05, 4.69) is 10.5 Å². The Morgan fingerprint density at radius 1 is 0.800 bits per heavy atom. The molecule has 174 valence electrons. The van der Waals surface area contributed by atoms with E-state index in [0.717, 1.165) is 23.0 Å². The molecule has 0 radical (unpaired) electrons. The summed E-state index contributed by atoms with van der Waals surface area (Å²) in [6.07, 6.45) is 1.84. The van der Waals surface area contributed by atoms with E-state index in [0.29, 0.717) is 11.3 Å². The molecule has 0 unspecified atom stereocenters. The van der Waals surface area contributed by atoms with Gasteiger partial charge in [0.15, 0.2) is 12.7 Å². The van der Waals surface area contributed by atoms with Gasteiger partial charge in [0.25, 0.3) is 11.4 Å². The highest BCUT2D eigenvalue weighted by Gasteiger charge is 2.21. The fourth-order valence-electron chi connectivity index (χ4n) is 3.49. The molecular formula is C23H17N6O6+. The van der Waals surface area contributed by atoms with E-state index >= 15 is 0 Å². The molecule has 0 bridgehead atoms. The van der Waals surface area contributed by atoms with Crippen molar-refractivity contribution in [1.29, 1.82) is 0 Å². The fourth-order valence-corrected chi connectivity index (χ4v) is 3.49. The van der Waals surface area contributed by atoms with Crippen molar-refractivity contribution in [2.75, 3.05) is 5.43 Å². The first-order valence-corrected chi connectivity index (χ1v) is 10.2. The number of nitro groups is 3. The van der Waals surface area contributed by atoms with E-state index in [1.807, 2.05) is 47.2 Å². The lowest BCUT2D eigenvalue weighted by atomic mass is 10.1. The molecule has 0 aliphatic heterocycles. The summed E-state index contributed by atoms with van der Waals surface area (Å²) in [5.41, 5.74) is 3.46. The van der Waals surface area contributed by atoms with E-state index in [1.165, 1.54) is 30.3 Å². The first-order valence-electron chi connectivity index (χ1n) is 10.2. The molecule has 3 aromatic carbocycles. The molecule has 1 aromatic heterocycles. The highest BCUT2D eigenvalue weighted by atomic mass is 16.6. The van der Waals surface area contributed by atoms with Crippen LogP contribution in [0.25, 0.3) is 10.9 Å². The predicted molar refractivity (Wildman–Crippen MR) is 127 cm³/mol. The number of rotatable bonds is 8.